The predicted octanol–water partition coefficient (Wildman–Crippen LogP) is 3.87. The number of hydrogen-bond donors (Lipinski definition) is 2. The monoisotopic (exact) mass is 338 g/mol. The van der Waals surface area contributed by atoms with Crippen molar-refractivity contribution in [1.82, 2.24) is 9.88 Å². The first kappa shape index (κ1) is 15.4. The fourth-order valence-corrected chi connectivity index (χ4v) is 5.80. The van der Waals surface area contributed by atoms with Gasteiger partial charge in [-0.1, -0.05) is 25.0 Å². The van der Waals surface area contributed by atoms with Gasteiger partial charge in [0, 0.05) is 35.1 Å². The summed E-state index contributed by atoms with van der Waals surface area (Å²) >= 11 is 0. The molecule has 1 saturated heterocycles. The Morgan fingerprint density at radius 3 is 2.84 bits per heavy atom. The molecular weight excluding hydrogens is 312 g/mol. The van der Waals surface area contributed by atoms with Gasteiger partial charge in [0.05, 0.1) is 5.92 Å². The van der Waals surface area contributed by atoms with Crippen LogP contribution in [0.15, 0.2) is 18.2 Å². The molecule has 4 heteroatoms. The lowest BCUT2D eigenvalue weighted by molar-refractivity contribution is -0.144. The summed E-state index contributed by atoms with van der Waals surface area (Å²) in [5.41, 5.74) is 5.64. The summed E-state index contributed by atoms with van der Waals surface area (Å²) in [7, 11) is 2.11. The Balaban J connectivity index is 1.64. The number of aliphatic carboxylic acids is 1. The van der Waals surface area contributed by atoms with Gasteiger partial charge in [0.25, 0.3) is 0 Å². The molecule has 2 fully saturated rings. The number of H-pyrrole nitrogens is 1. The minimum atomic E-state index is -0.649. The molecule has 3 atom stereocenters. The molecule has 0 radical (unpaired) electrons. The highest BCUT2D eigenvalue weighted by Crippen LogP contribution is 2.48. The molecule has 132 valence electrons. The Morgan fingerprint density at radius 1 is 1.28 bits per heavy atom. The fourth-order valence-electron chi connectivity index (χ4n) is 5.80. The van der Waals surface area contributed by atoms with Gasteiger partial charge in [-0.05, 0) is 55.8 Å². The number of hydrogen-bond acceptors (Lipinski definition) is 2. The topological polar surface area (TPSA) is 56.3 Å². The van der Waals surface area contributed by atoms with Crippen molar-refractivity contribution in [3.63, 3.8) is 0 Å². The van der Waals surface area contributed by atoms with Crippen LogP contribution in [0, 0.1) is 5.92 Å². The van der Waals surface area contributed by atoms with Crippen LogP contribution in [-0.2, 0) is 11.2 Å². The summed E-state index contributed by atoms with van der Waals surface area (Å²) in [4.78, 5) is 17.7. The molecule has 1 aliphatic heterocycles. The maximum absolute atomic E-state index is 11.6. The second-order valence-corrected chi connectivity index (χ2v) is 8.36. The van der Waals surface area contributed by atoms with Crippen molar-refractivity contribution in [3.05, 3.63) is 35.0 Å². The molecule has 25 heavy (non-hydrogen) atoms. The number of aromatic amines is 1. The number of carboxylic acid groups (broad SMARTS) is 1. The molecule has 2 heterocycles. The summed E-state index contributed by atoms with van der Waals surface area (Å²) in [5.74, 6) is 0.121. The van der Waals surface area contributed by atoms with E-state index in [1.807, 2.05) is 0 Å². The summed E-state index contributed by atoms with van der Waals surface area (Å²) < 4.78 is 0. The average molecular weight is 338 g/mol. The Kier molecular flexibility index (Phi) is 3.46. The van der Waals surface area contributed by atoms with Crippen LogP contribution in [0.4, 0.5) is 0 Å². The lowest BCUT2D eigenvalue weighted by Crippen LogP contribution is -2.49. The van der Waals surface area contributed by atoms with Gasteiger partial charge in [-0.3, -0.25) is 4.79 Å². The lowest BCUT2D eigenvalue weighted by atomic mass is 9.71. The first-order chi connectivity index (χ1) is 12.1. The highest BCUT2D eigenvalue weighted by molar-refractivity contribution is 5.90. The molecule has 3 aliphatic rings. The number of nitrogens with one attached hydrogen (secondary N) is 1. The van der Waals surface area contributed by atoms with Gasteiger partial charge in [0.1, 0.15) is 0 Å². The summed E-state index contributed by atoms with van der Waals surface area (Å²) in [6, 6.07) is 7.02. The molecule has 2 N–H and O–H groups in total. The van der Waals surface area contributed by atoms with E-state index in [1.165, 1.54) is 53.4 Å². The van der Waals surface area contributed by atoms with Gasteiger partial charge in [-0.15, -0.1) is 0 Å². The normalized spacial score (nSPS) is 29.9. The standard InChI is InChI=1S/C21H26N2O2/c1-23-11-13(21(24)25)9-15-14-7-4-8-17-19(14)16(10-18(15)23)20(22-17)12-5-2-3-6-12/h4,7-8,12-13,15,18,22H,2-3,5-6,9-11H2,1H3,(H,24,25)/t13?,15?,18-/m1/s1. The molecule has 1 saturated carbocycles. The minimum absolute atomic E-state index is 0.253. The number of piperidine rings is 1. The first-order valence-electron chi connectivity index (χ1n) is 9.70. The Hall–Kier alpha value is -1.81. The molecule has 1 aromatic carbocycles. The molecule has 4 nitrogen and oxygen atoms in total. The van der Waals surface area contributed by atoms with E-state index >= 15 is 0 Å². The van der Waals surface area contributed by atoms with Crippen LogP contribution in [0.3, 0.4) is 0 Å². The Labute approximate surface area is 148 Å². The summed E-state index contributed by atoms with van der Waals surface area (Å²) in [6.45, 7) is 0.672. The number of fused-ring (bicyclic) bond motifs is 2. The van der Waals surface area contributed by atoms with Crippen LogP contribution in [0.2, 0.25) is 0 Å². The first-order valence-corrected chi connectivity index (χ1v) is 9.70. The molecule has 0 spiro atoms. The third-order valence-electron chi connectivity index (χ3n) is 7.00. The lowest BCUT2D eigenvalue weighted by Gasteiger charge is -2.44. The van der Waals surface area contributed by atoms with E-state index in [4.69, 9.17) is 0 Å². The van der Waals surface area contributed by atoms with Crippen LogP contribution in [0.5, 0.6) is 0 Å². The molecule has 5 rings (SSSR count). The second kappa shape index (κ2) is 5.60. The highest BCUT2D eigenvalue weighted by Gasteiger charge is 2.42. The molecule has 0 amide bonds. The zero-order chi connectivity index (χ0) is 17.1. The predicted molar refractivity (Wildman–Crippen MR) is 98.1 cm³/mol. The zero-order valence-electron chi connectivity index (χ0n) is 14.8. The van der Waals surface area contributed by atoms with Crippen molar-refractivity contribution in [2.45, 2.75) is 56.4 Å². The van der Waals surface area contributed by atoms with E-state index in [-0.39, 0.29) is 5.92 Å². The SMILES string of the molecule is CN1CC(C(=O)O)CC2c3cccc4[nH]c(C5CCCC5)c(c34)C[C@H]21. The van der Waals surface area contributed by atoms with Gasteiger partial charge >= 0.3 is 5.97 Å². The number of nitrogens with zero attached hydrogens (tertiary/aromatic N) is 1. The van der Waals surface area contributed by atoms with Crippen LogP contribution in [0.25, 0.3) is 10.9 Å². The van der Waals surface area contributed by atoms with Crippen LogP contribution in [0.1, 0.15) is 60.8 Å². The van der Waals surface area contributed by atoms with Crippen molar-refractivity contribution in [2.24, 2.45) is 5.92 Å². The van der Waals surface area contributed by atoms with Crippen LogP contribution in [-0.4, -0.2) is 40.6 Å². The summed E-state index contributed by atoms with van der Waals surface area (Å²) in [5, 5.41) is 11.0. The van der Waals surface area contributed by atoms with Gasteiger partial charge in [-0.25, -0.2) is 0 Å². The van der Waals surface area contributed by atoms with Crippen molar-refractivity contribution >= 4 is 16.9 Å². The third-order valence-corrected chi connectivity index (χ3v) is 7.00. The van der Waals surface area contributed by atoms with Crippen molar-refractivity contribution in [3.8, 4) is 0 Å². The smallest absolute Gasteiger partial charge is 0.307 e. The molecular formula is C21H26N2O2. The van der Waals surface area contributed by atoms with E-state index in [1.54, 1.807) is 0 Å². The number of benzene rings is 1. The minimum Gasteiger partial charge on any atom is -0.481 e. The largest absolute Gasteiger partial charge is 0.481 e. The maximum Gasteiger partial charge on any atom is 0.307 e. The number of aromatic nitrogens is 1. The average Bonchev–Trinajstić information content (AvgIpc) is 3.24. The van der Waals surface area contributed by atoms with Crippen molar-refractivity contribution < 1.29 is 9.90 Å². The van der Waals surface area contributed by atoms with Gasteiger partial charge < -0.3 is 15.0 Å². The molecule has 1 aromatic heterocycles. The molecule has 2 aromatic rings. The number of carbonyl (C=O) groups is 1. The highest BCUT2D eigenvalue weighted by atomic mass is 16.4. The molecule has 2 unspecified atom stereocenters. The third kappa shape index (κ3) is 2.27. The van der Waals surface area contributed by atoms with Gasteiger partial charge in [-0.2, -0.15) is 0 Å². The van der Waals surface area contributed by atoms with E-state index in [0.717, 1.165) is 12.8 Å². The maximum atomic E-state index is 11.6. The fraction of sp³-hybridized carbons (Fsp3) is 0.571. The van der Waals surface area contributed by atoms with Gasteiger partial charge in [0.15, 0.2) is 0 Å². The van der Waals surface area contributed by atoms with E-state index in [9.17, 15) is 9.90 Å². The van der Waals surface area contributed by atoms with Crippen molar-refractivity contribution in [2.75, 3.05) is 13.6 Å². The Bertz CT molecular complexity index is 834. The zero-order valence-corrected chi connectivity index (χ0v) is 14.8. The number of carboxylic acids is 1. The van der Waals surface area contributed by atoms with E-state index in [0.29, 0.717) is 24.4 Å². The quantitative estimate of drug-likeness (QED) is 0.874. The van der Waals surface area contributed by atoms with E-state index in [2.05, 4.69) is 35.1 Å². The van der Waals surface area contributed by atoms with Crippen molar-refractivity contribution in [1.29, 1.82) is 0 Å². The van der Waals surface area contributed by atoms with E-state index < -0.39 is 5.97 Å². The number of likely N-dealkylation sites (tertiary alicyclic amines) is 1. The van der Waals surface area contributed by atoms with Gasteiger partial charge in [0.2, 0.25) is 0 Å². The Morgan fingerprint density at radius 2 is 2.08 bits per heavy atom. The van der Waals surface area contributed by atoms with Crippen LogP contribution < -0.4 is 0 Å². The molecule has 2 aliphatic carbocycles. The second-order valence-electron chi connectivity index (χ2n) is 8.36. The number of rotatable bonds is 2. The number of likely N-dealkylation sites (N-methyl/N-ethyl adjacent to an activating group) is 1. The van der Waals surface area contributed by atoms with Crippen LogP contribution >= 0.6 is 0 Å². The molecule has 0 bridgehead atoms. The summed E-state index contributed by atoms with van der Waals surface area (Å²) in [6.07, 6.45) is 7.14.